The van der Waals surface area contributed by atoms with Gasteiger partial charge in [-0.2, -0.15) is 13.2 Å². The van der Waals surface area contributed by atoms with Gasteiger partial charge in [0.2, 0.25) is 0 Å². The summed E-state index contributed by atoms with van der Waals surface area (Å²) >= 11 is 3.02. The van der Waals surface area contributed by atoms with Gasteiger partial charge < -0.3 is 10.8 Å². The highest BCUT2D eigenvalue weighted by Gasteiger charge is 2.37. The van der Waals surface area contributed by atoms with Crippen LogP contribution in [0, 0.1) is 5.92 Å². The molecule has 2 nitrogen and oxygen atoms in total. The fourth-order valence-electron chi connectivity index (χ4n) is 2.03. The Morgan fingerprint density at radius 2 is 2.00 bits per heavy atom. The second-order valence-electron chi connectivity index (χ2n) is 4.64. The van der Waals surface area contributed by atoms with Crippen LogP contribution in [0.25, 0.3) is 0 Å². The van der Waals surface area contributed by atoms with Gasteiger partial charge in [0.15, 0.2) is 0 Å². The molecule has 1 aliphatic rings. The van der Waals surface area contributed by atoms with E-state index in [4.69, 9.17) is 5.73 Å². The van der Waals surface area contributed by atoms with Crippen molar-refractivity contribution >= 4 is 15.9 Å². The minimum absolute atomic E-state index is 0.205. The zero-order valence-electron chi connectivity index (χ0n) is 9.47. The van der Waals surface area contributed by atoms with Crippen LogP contribution in [0.1, 0.15) is 36.4 Å². The van der Waals surface area contributed by atoms with E-state index in [-0.39, 0.29) is 10.0 Å². The van der Waals surface area contributed by atoms with Crippen LogP contribution in [-0.4, -0.2) is 5.11 Å². The van der Waals surface area contributed by atoms with Gasteiger partial charge in [0, 0.05) is 11.6 Å². The summed E-state index contributed by atoms with van der Waals surface area (Å²) in [6.07, 6.45) is -2.02. The first-order chi connectivity index (χ1) is 8.30. The van der Waals surface area contributed by atoms with Crippen molar-refractivity contribution in [1.82, 2.24) is 0 Å². The fourth-order valence-corrected chi connectivity index (χ4v) is 2.38. The van der Waals surface area contributed by atoms with Crippen LogP contribution in [0.15, 0.2) is 16.6 Å². The van der Waals surface area contributed by atoms with Crippen molar-refractivity contribution in [3.8, 4) is 5.75 Å². The highest BCUT2D eigenvalue weighted by atomic mass is 79.9. The molecule has 0 aromatic heterocycles. The van der Waals surface area contributed by atoms with Crippen molar-refractivity contribution in [1.29, 1.82) is 0 Å². The summed E-state index contributed by atoms with van der Waals surface area (Å²) in [6, 6.07) is 1.35. The molecule has 0 bridgehead atoms. The number of nitrogens with two attached hydrogens (primary N) is 1. The molecule has 1 atom stereocenters. The SMILES string of the molecule is N[C@H](CC1CC1)c1c(C(F)(F)F)ccc(Br)c1O. The zero-order valence-corrected chi connectivity index (χ0v) is 11.1. The van der Waals surface area contributed by atoms with Gasteiger partial charge in [-0.05, 0) is 40.4 Å². The molecule has 1 saturated carbocycles. The largest absolute Gasteiger partial charge is 0.506 e. The van der Waals surface area contributed by atoms with Gasteiger partial charge in [-0.15, -0.1) is 0 Å². The number of alkyl halides is 3. The Balaban J connectivity index is 2.43. The molecule has 1 aromatic rings. The van der Waals surface area contributed by atoms with Gasteiger partial charge in [0.1, 0.15) is 5.75 Å². The lowest BCUT2D eigenvalue weighted by Crippen LogP contribution is -2.18. The van der Waals surface area contributed by atoms with Crippen LogP contribution in [0.5, 0.6) is 5.75 Å². The van der Waals surface area contributed by atoms with E-state index in [1.165, 1.54) is 6.07 Å². The molecule has 0 spiro atoms. The van der Waals surface area contributed by atoms with Crippen molar-refractivity contribution in [2.45, 2.75) is 31.5 Å². The van der Waals surface area contributed by atoms with E-state index in [1.807, 2.05) is 0 Å². The lowest BCUT2D eigenvalue weighted by molar-refractivity contribution is -0.138. The van der Waals surface area contributed by atoms with E-state index in [1.54, 1.807) is 0 Å². The fraction of sp³-hybridized carbons (Fsp3) is 0.500. The van der Waals surface area contributed by atoms with E-state index in [9.17, 15) is 18.3 Å². The molecule has 0 amide bonds. The van der Waals surface area contributed by atoms with Gasteiger partial charge in [-0.3, -0.25) is 0 Å². The third-order valence-corrected chi connectivity index (χ3v) is 3.77. The van der Waals surface area contributed by atoms with E-state index in [2.05, 4.69) is 15.9 Å². The summed E-state index contributed by atoms with van der Waals surface area (Å²) in [4.78, 5) is 0. The number of hydrogen-bond acceptors (Lipinski definition) is 2. The Morgan fingerprint density at radius 3 is 2.50 bits per heavy atom. The molecule has 0 heterocycles. The maximum absolute atomic E-state index is 12.9. The second kappa shape index (κ2) is 4.74. The smallest absolute Gasteiger partial charge is 0.416 e. The Labute approximate surface area is 111 Å². The molecule has 2 rings (SSSR count). The highest BCUT2D eigenvalue weighted by molar-refractivity contribution is 9.10. The number of aromatic hydroxyl groups is 1. The molecule has 1 fully saturated rings. The topological polar surface area (TPSA) is 46.2 Å². The van der Waals surface area contributed by atoms with Crippen LogP contribution >= 0.6 is 15.9 Å². The van der Waals surface area contributed by atoms with Crippen molar-refractivity contribution in [2.75, 3.05) is 0 Å². The second-order valence-corrected chi connectivity index (χ2v) is 5.49. The molecule has 6 heteroatoms. The Kier molecular flexibility index (Phi) is 3.60. The molecule has 18 heavy (non-hydrogen) atoms. The average molecular weight is 324 g/mol. The number of phenolic OH excluding ortho intramolecular Hbond substituents is 1. The van der Waals surface area contributed by atoms with E-state index in [0.717, 1.165) is 18.9 Å². The monoisotopic (exact) mass is 323 g/mol. The van der Waals surface area contributed by atoms with Crippen molar-refractivity contribution in [2.24, 2.45) is 11.7 Å². The minimum Gasteiger partial charge on any atom is -0.506 e. The lowest BCUT2D eigenvalue weighted by Gasteiger charge is -2.20. The highest BCUT2D eigenvalue weighted by Crippen LogP contribution is 2.45. The molecule has 100 valence electrons. The van der Waals surface area contributed by atoms with Crippen molar-refractivity contribution < 1.29 is 18.3 Å². The molecular weight excluding hydrogens is 311 g/mol. The number of halogens is 4. The summed E-state index contributed by atoms with van der Waals surface area (Å²) in [5.41, 5.74) is 4.77. The maximum atomic E-state index is 12.9. The zero-order chi connectivity index (χ0) is 13.5. The van der Waals surface area contributed by atoms with Gasteiger partial charge >= 0.3 is 6.18 Å². The first kappa shape index (κ1) is 13.7. The first-order valence-corrected chi connectivity index (χ1v) is 6.44. The molecule has 0 aliphatic heterocycles. The molecule has 0 saturated heterocycles. The average Bonchev–Trinajstić information content (AvgIpc) is 3.03. The van der Waals surface area contributed by atoms with Crippen LogP contribution in [-0.2, 0) is 6.18 Å². The molecule has 3 N–H and O–H groups in total. The lowest BCUT2D eigenvalue weighted by atomic mass is 9.95. The standard InChI is InChI=1S/C12H13BrF3NO/c13-8-4-3-7(12(14,15)16)10(11(8)18)9(17)5-6-1-2-6/h3-4,6,9,18H,1-2,5,17H2/t9-/m1/s1. The molecule has 1 aromatic carbocycles. The Bertz CT molecular complexity index is 457. The van der Waals surface area contributed by atoms with Crippen LogP contribution in [0.3, 0.4) is 0 Å². The van der Waals surface area contributed by atoms with Crippen molar-refractivity contribution in [3.05, 3.63) is 27.7 Å². The van der Waals surface area contributed by atoms with Gasteiger partial charge in [-0.1, -0.05) is 12.8 Å². The molecule has 0 radical (unpaired) electrons. The van der Waals surface area contributed by atoms with Crippen LogP contribution < -0.4 is 5.73 Å². The molecular formula is C12H13BrF3NO. The van der Waals surface area contributed by atoms with Crippen molar-refractivity contribution in [3.63, 3.8) is 0 Å². The first-order valence-electron chi connectivity index (χ1n) is 5.65. The number of phenols is 1. The third kappa shape index (κ3) is 2.80. The Morgan fingerprint density at radius 1 is 1.39 bits per heavy atom. The quantitative estimate of drug-likeness (QED) is 0.884. The third-order valence-electron chi connectivity index (χ3n) is 3.13. The van der Waals surface area contributed by atoms with E-state index >= 15 is 0 Å². The predicted molar refractivity (Wildman–Crippen MR) is 65.1 cm³/mol. The number of rotatable bonds is 3. The van der Waals surface area contributed by atoms with Gasteiger partial charge in [0.25, 0.3) is 0 Å². The van der Waals surface area contributed by atoms with E-state index in [0.29, 0.717) is 12.3 Å². The van der Waals surface area contributed by atoms with Gasteiger partial charge in [-0.25, -0.2) is 0 Å². The summed E-state index contributed by atoms with van der Waals surface area (Å²) in [5.74, 6) is -0.0163. The summed E-state index contributed by atoms with van der Waals surface area (Å²) < 4.78 is 38.9. The van der Waals surface area contributed by atoms with Crippen LogP contribution in [0.2, 0.25) is 0 Å². The Hall–Kier alpha value is -0.750. The molecule has 1 aliphatic carbocycles. The van der Waals surface area contributed by atoms with Gasteiger partial charge in [0.05, 0.1) is 10.0 Å². The van der Waals surface area contributed by atoms with E-state index < -0.39 is 23.5 Å². The maximum Gasteiger partial charge on any atom is 0.416 e. The normalized spacial score (nSPS) is 17.8. The summed E-state index contributed by atoms with van der Waals surface area (Å²) in [5, 5.41) is 9.82. The van der Waals surface area contributed by atoms with Crippen LogP contribution in [0.4, 0.5) is 13.2 Å². The number of hydrogen-bond donors (Lipinski definition) is 2. The molecule has 0 unspecified atom stereocenters. The summed E-state index contributed by atoms with van der Waals surface area (Å²) in [7, 11) is 0. The number of benzene rings is 1. The minimum atomic E-state index is -4.51. The predicted octanol–water partition coefficient (Wildman–Crippen LogP) is 3.97. The summed E-state index contributed by atoms with van der Waals surface area (Å²) in [6.45, 7) is 0.